The number of benzene rings is 2. The maximum absolute atomic E-state index is 12.8. The summed E-state index contributed by atoms with van der Waals surface area (Å²) in [5.74, 6) is -0.503. The van der Waals surface area contributed by atoms with Crippen molar-refractivity contribution in [2.75, 3.05) is 20.8 Å². The largest absolute Gasteiger partial charge is 0.493 e. The summed E-state index contributed by atoms with van der Waals surface area (Å²) in [6.45, 7) is 1.95. The lowest BCUT2D eigenvalue weighted by atomic mass is 9.90. The number of ether oxygens (including phenoxy) is 3. The Labute approximate surface area is 172 Å². The van der Waals surface area contributed by atoms with Gasteiger partial charge in [-0.1, -0.05) is 29.8 Å². The van der Waals surface area contributed by atoms with Crippen molar-refractivity contribution in [3.05, 3.63) is 69.0 Å². The molecule has 0 radical (unpaired) electrons. The van der Waals surface area contributed by atoms with Crippen molar-refractivity contribution in [3.8, 4) is 11.5 Å². The van der Waals surface area contributed by atoms with Gasteiger partial charge in [-0.15, -0.1) is 0 Å². The first-order valence-electron chi connectivity index (χ1n) is 9.08. The number of fused-ring (bicyclic) bond motifs is 1. The zero-order chi connectivity index (χ0) is 21.0. The van der Waals surface area contributed by atoms with Gasteiger partial charge in [-0.2, -0.15) is 0 Å². The van der Waals surface area contributed by atoms with Gasteiger partial charge in [-0.3, -0.25) is 4.79 Å². The quantitative estimate of drug-likeness (QED) is 0.421. The van der Waals surface area contributed by atoms with E-state index in [0.717, 1.165) is 5.56 Å². The van der Waals surface area contributed by atoms with Crippen LogP contribution in [0.2, 0.25) is 5.02 Å². The summed E-state index contributed by atoms with van der Waals surface area (Å²) in [7, 11) is 2.95. The normalized spacial score (nSPS) is 11.9. The molecule has 152 valence electrons. The molecule has 0 saturated heterocycles. The number of hydrogen-bond acceptors (Lipinski definition) is 6. The fourth-order valence-electron chi connectivity index (χ4n) is 3.30. The number of esters is 1. The van der Waals surface area contributed by atoms with Crippen molar-refractivity contribution >= 4 is 28.5 Å². The van der Waals surface area contributed by atoms with Crippen molar-refractivity contribution in [1.29, 1.82) is 0 Å². The third-order valence-electron chi connectivity index (χ3n) is 4.62. The Hall–Kier alpha value is -2.99. The molecule has 2 aromatic carbocycles. The molecule has 0 fully saturated rings. The predicted molar refractivity (Wildman–Crippen MR) is 110 cm³/mol. The summed E-state index contributed by atoms with van der Waals surface area (Å²) in [6, 6.07) is 12.0. The lowest BCUT2D eigenvalue weighted by Gasteiger charge is -2.19. The van der Waals surface area contributed by atoms with Crippen LogP contribution >= 0.6 is 11.6 Å². The van der Waals surface area contributed by atoms with E-state index in [1.165, 1.54) is 20.3 Å². The molecule has 0 saturated carbocycles. The van der Waals surface area contributed by atoms with Crippen LogP contribution in [0.5, 0.6) is 11.5 Å². The summed E-state index contributed by atoms with van der Waals surface area (Å²) >= 11 is 6.31. The smallest absolute Gasteiger partial charge is 0.336 e. The van der Waals surface area contributed by atoms with Crippen LogP contribution in [0, 0.1) is 0 Å². The third-order valence-corrected chi connectivity index (χ3v) is 4.98. The molecule has 0 aliphatic heterocycles. The van der Waals surface area contributed by atoms with Gasteiger partial charge in [0.2, 0.25) is 5.75 Å². The molecule has 3 rings (SSSR count). The minimum atomic E-state index is -0.750. The average Bonchev–Trinajstić information content (AvgIpc) is 2.71. The van der Waals surface area contributed by atoms with Crippen molar-refractivity contribution in [2.45, 2.75) is 19.3 Å². The SMILES string of the molecule is CCOC(=O)[C@@H](Cc1ccccc1Cl)c1cc(=O)oc2c(OC)c(OC)ccc12. The van der Waals surface area contributed by atoms with Crippen molar-refractivity contribution in [3.63, 3.8) is 0 Å². The lowest BCUT2D eigenvalue weighted by Crippen LogP contribution is -2.20. The number of carbonyl (C=O) groups is 1. The number of rotatable bonds is 7. The van der Waals surface area contributed by atoms with E-state index in [0.29, 0.717) is 21.7 Å². The van der Waals surface area contributed by atoms with Crippen LogP contribution in [0.3, 0.4) is 0 Å². The first kappa shape index (κ1) is 20.7. The van der Waals surface area contributed by atoms with Gasteiger partial charge in [0.25, 0.3) is 0 Å². The molecule has 0 N–H and O–H groups in total. The van der Waals surface area contributed by atoms with Gasteiger partial charge in [-0.25, -0.2) is 4.79 Å². The van der Waals surface area contributed by atoms with Crippen LogP contribution in [0.4, 0.5) is 0 Å². The highest BCUT2D eigenvalue weighted by Gasteiger charge is 2.28. The van der Waals surface area contributed by atoms with Crippen molar-refractivity contribution in [2.24, 2.45) is 0 Å². The number of methoxy groups -OCH3 is 2. The molecule has 1 heterocycles. The fraction of sp³-hybridized carbons (Fsp3) is 0.273. The molecule has 0 amide bonds. The average molecular weight is 417 g/mol. The summed E-state index contributed by atoms with van der Waals surface area (Å²) in [5.41, 5.74) is 0.861. The molecule has 1 atom stereocenters. The van der Waals surface area contributed by atoms with E-state index in [4.69, 9.17) is 30.2 Å². The predicted octanol–water partition coefficient (Wildman–Crippen LogP) is 4.35. The standard InChI is InChI=1S/C22H21ClO6/c1-4-28-22(25)16(11-13-7-5-6-8-17(13)23)15-12-19(24)29-20-14(15)9-10-18(26-2)21(20)27-3/h5-10,12,16H,4,11H2,1-3H3/t16-/m0/s1. The molecule has 3 aromatic rings. The van der Waals surface area contributed by atoms with E-state index in [1.807, 2.05) is 18.2 Å². The maximum Gasteiger partial charge on any atom is 0.336 e. The molecule has 0 bridgehead atoms. The van der Waals surface area contributed by atoms with Gasteiger partial charge >= 0.3 is 11.6 Å². The second kappa shape index (κ2) is 9.01. The van der Waals surface area contributed by atoms with E-state index >= 15 is 0 Å². The Kier molecular flexibility index (Phi) is 6.44. The van der Waals surface area contributed by atoms with Crippen LogP contribution < -0.4 is 15.1 Å². The highest BCUT2D eigenvalue weighted by molar-refractivity contribution is 6.31. The minimum absolute atomic E-state index is 0.211. The summed E-state index contributed by atoms with van der Waals surface area (Å²) < 4.78 is 21.4. The first-order chi connectivity index (χ1) is 14.0. The molecule has 0 aliphatic rings. The summed E-state index contributed by atoms with van der Waals surface area (Å²) in [4.78, 5) is 25.2. The zero-order valence-corrected chi connectivity index (χ0v) is 17.1. The second-order valence-corrected chi connectivity index (χ2v) is 6.71. The Morgan fingerprint density at radius 3 is 2.55 bits per heavy atom. The monoisotopic (exact) mass is 416 g/mol. The van der Waals surface area contributed by atoms with Gasteiger partial charge in [-0.05, 0) is 42.7 Å². The molecule has 0 unspecified atom stereocenters. The van der Waals surface area contributed by atoms with Gasteiger partial charge in [0.1, 0.15) is 0 Å². The van der Waals surface area contributed by atoms with Crippen molar-refractivity contribution < 1.29 is 23.4 Å². The zero-order valence-electron chi connectivity index (χ0n) is 16.4. The molecular formula is C22H21ClO6. The van der Waals surface area contributed by atoms with Crippen LogP contribution in [-0.4, -0.2) is 26.8 Å². The van der Waals surface area contributed by atoms with E-state index in [1.54, 1.807) is 25.1 Å². The summed E-state index contributed by atoms with van der Waals surface area (Å²) in [6.07, 6.45) is 0.269. The maximum atomic E-state index is 12.8. The van der Waals surface area contributed by atoms with Crippen LogP contribution in [0.25, 0.3) is 11.0 Å². The van der Waals surface area contributed by atoms with Crippen molar-refractivity contribution in [1.82, 2.24) is 0 Å². The van der Waals surface area contributed by atoms with Gasteiger partial charge in [0, 0.05) is 16.5 Å². The Morgan fingerprint density at radius 2 is 1.90 bits per heavy atom. The van der Waals surface area contributed by atoms with Crippen LogP contribution in [-0.2, 0) is 16.0 Å². The Balaban J connectivity index is 2.23. The number of halogens is 1. The second-order valence-electron chi connectivity index (χ2n) is 6.30. The fourth-order valence-corrected chi connectivity index (χ4v) is 3.51. The molecule has 0 aliphatic carbocycles. The van der Waals surface area contributed by atoms with E-state index in [2.05, 4.69) is 0 Å². The number of hydrogen-bond donors (Lipinski definition) is 0. The molecule has 1 aromatic heterocycles. The summed E-state index contributed by atoms with van der Waals surface area (Å²) in [5, 5.41) is 1.10. The topological polar surface area (TPSA) is 75.0 Å². The van der Waals surface area contributed by atoms with E-state index < -0.39 is 17.5 Å². The molecule has 6 nitrogen and oxygen atoms in total. The van der Waals surface area contributed by atoms with E-state index in [9.17, 15) is 9.59 Å². The molecule has 0 spiro atoms. The Bertz CT molecular complexity index is 1090. The van der Waals surface area contributed by atoms with Crippen LogP contribution in [0.1, 0.15) is 24.0 Å². The Morgan fingerprint density at radius 1 is 1.14 bits per heavy atom. The first-order valence-corrected chi connectivity index (χ1v) is 9.46. The minimum Gasteiger partial charge on any atom is -0.493 e. The van der Waals surface area contributed by atoms with Gasteiger partial charge in [0.15, 0.2) is 11.3 Å². The van der Waals surface area contributed by atoms with E-state index in [-0.39, 0.29) is 24.4 Å². The highest BCUT2D eigenvalue weighted by atomic mass is 35.5. The lowest BCUT2D eigenvalue weighted by molar-refractivity contribution is -0.144. The molecule has 7 heteroatoms. The third kappa shape index (κ3) is 4.22. The van der Waals surface area contributed by atoms with Gasteiger partial charge in [0.05, 0.1) is 26.7 Å². The highest BCUT2D eigenvalue weighted by Crippen LogP contribution is 2.38. The van der Waals surface area contributed by atoms with Gasteiger partial charge < -0.3 is 18.6 Å². The molecular weight excluding hydrogens is 396 g/mol. The molecule has 29 heavy (non-hydrogen) atoms. The van der Waals surface area contributed by atoms with Crippen LogP contribution in [0.15, 0.2) is 51.7 Å². The number of carbonyl (C=O) groups excluding carboxylic acids is 1.